The van der Waals surface area contributed by atoms with Gasteiger partial charge in [0.05, 0.1) is 25.8 Å². The maximum Gasteiger partial charge on any atom is 0.133 e. The number of thiazole rings is 1. The van der Waals surface area contributed by atoms with E-state index in [2.05, 4.69) is 35.3 Å². The molecule has 0 unspecified atom stereocenters. The molecular formula is C13H11ClN2S2. The van der Waals surface area contributed by atoms with E-state index in [4.69, 9.17) is 11.6 Å². The third kappa shape index (κ3) is 2.05. The Morgan fingerprint density at radius 2 is 2.17 bits per heavy atom. The first-order valence-corrected chi connectivity index (χ1v) is 7.72. The SMILES string of the molecule is CC(C)c1csc(-c2cc3nccc(Cl)c3s2)n1. The number of rotatable bonds is 2. The fourth-order valence-electron chi connectivity index (χ4n) is 1.68. The molecule has 0 amide bonds. The van der Waals surface area contributed by atoms with Crippen molar-refractivity contribution in [3.05, 3.63) is 34.4 Å². The summed E-state index contributed by atoms with van der Waals surface area (Å²) in [4.78, 5) is 10.1. The second kappa shape index (κ2) is 4.61. The van der Waals surface area contributed by atoms with E-state index in [9.17, 15) is 0 Å². The zero-order valence-electron chi connectivity index (χ0n) is 9.98. The number of halogens is 1. The van der Waals surface area contributed by atoms with Crippen molar-refractivity contribution in [1.82, 2.24) is 9.97 Å². The zero-order valence-corrected chi connectivity index (χ0v) is 12.4. The summed E-state index contributed by atoms with van der Waals surface area (Å²) in [7, 11) is 0. The third-order valence-electron chi connectivity index (χ3n) is 2.69. The molecule has 0 saturated heterocycles. The van der Waals surface area contributed by atoms with Gasteiger partial charge in [-0.3, -0.25) is 4.98 Å². The minimum Gasteiger partial charge on any atom is -0.255 e. The summed E-state index contributed by atoms with van der Waals surface area (Å²) in [5, 5.41) is 3.94. The standard InChI is InChI=1S/C13H11ClN2S2/c1-7(2)10-6-17-13(16-10)11-5-9-12(18-11)8(14)3-4-15-9/h3-7H,1-2H3. The molecule has 0 aliphatic carbocycles. The van der Waals surface area contributed by atoms with Crippen LogP contribution in [0, 0.1) is 0 Å². The van der Waals surface area contributed by atoms with Crippen molar-refractivity contribution < 1.29 is 0 Å². The summed E-state index contributed by atoms with van der Waals surface area (Å²) in [5.41, 5.74) is 2.09. The van der Waals surface area contributed by atoms with Crippen LogP contribution in [-0.4, -0.2) is 9.97 Å². The molecule has 3 heterocycles. The Labute approximate surface area is 118 Å². The minimum absolute atomic E-state index is 0.464. The Balaban J connectivity index is 2.10. The van der Waals surface area contributed by atoms with Gasteiger partial charge >= 0.3 is 0 Å². The molecule has 0 aromatic carbocycles. The largest absolute Gasteiger partial charge is 0.255 e. The maximum absolute atomic E-state index is 6.17. The first-order valence-electron chi connectivity index (χ1n) is 5.65. The molecule has 18 heavy (non-hydrogen) atoms. The average molecular weight is 295 g/mol. The van der Waals surface area contributed by atoms with E-state index in [0.717, 1.165) is 30.8 Å². The number of hydrogen-bond acceptors (Lipinski definition) is 4. The van der Waals surface area contributed by atoms with Gasteiger partial charge in [0.1, 0.15) is 5.01 Å². The Morgan fingerprint density at radius 1 is 1.33 bits per heavy atom. The van der Waals surface area contributed by atoms with Crippen LogP contribution in [0.5, 0.6) is 0 Å². The highest BCUT2D eigenvalue weighted by atomic mass is 35.5. The topological polar surface area (TPSA) is 25.8 Å². The second-order valence-electron chi connectivity index (χ2n) is 4.35. The summed E-state index contributed by atoms with van der Waals surface area (Å²) >= 11 is 9.50. The first kappa shape index (κ1) is 12.1. The predicted octanol–water partition coefficient (Wildman–Crippen LogP) is 5.20. The summed E-state index contributed by atoms with van der Waals surface area (Å²) in [5.74, 6) is 0.464. The molecule has 3 aromatic rings. The second-order valence-corrected chi connectivity index (χ2v) is 6.67. The van der Waals surface area contributed by atoms with Crippen molar-refractivity contribution in [1.29, 1.82) is 0 Å². The normalized spacial score (nSPS) is 11.6. The average Bonchev–Trinajstić information content (AvgIpc) is 2.95. The molecule has 3 aromatic heterocycles. The van der Waals surface area contributed by atoms with Crippen molar-refractivity contribution in [2.45, 2.75) is 19.8 Å². The lowest BCUT2D eigenvalue weighted by Gasteiger charge is -1.96. The van der Waals surface area contributed by atoms with Crippen LogP contribution < -0.4 is 0 Å². The predicted molar refractivity (Wildman–Crippen MR) is 79.8 cm³/mol. The monoisotopic (exact) mass is 294 g/mol. The third-order valence-corrected chi connectivity index (χ3v) is 5.30. The number of aromatic nitrogens is 2. The van der Waals surface area contributed by atoms with Gasteiger partial charge in [-0.1, -0.05) is 25.4 Å². The van der Waals surface area contributed by atoms with E-state index >= 15 is 0 Å². The highest BCUT2D eigenvalue weighted by molar-refractivity contribution is 7.25. The number of fused-ring (bicyclic) bond motifs is 1. The molecule has 0 radical (unpaired) electrons. The van der Waals surface area contributed by atoms with Crippen LogP contribution in [0.15, 0.2) is 23.7 Å². The van der Waals surface area contributed by atoms with E-state index in [1.165, 1.54) is 0 Å². The van der Waals surface area contributed by atoms with Crippen LogP contribution in [-0.2, 0) is 0 Å². The fraction of sp³-hybridized carbons (Fsp3) is 0.231. The molecule has 0 bridgehead atoms. The summed E-state index contributed by atoms with van der Waals surface area (Å²) in [6.45, 7) is 4.31. The zero-order chi connectivity index (χ0) is 12.7. The molecule has 3 rings (SSSR count). The lowest BCUT2D eigenvalue weighted by atomic mass is 10.2. The summed E-state index contributed by atoms with van der Waals surface area (Å²) < 4.78 is 1.04. The molecule has 2 nitrogen and oxygen atoms in total. The maximum atomic E-state index is 6.17. The van der Waals surface area contributed by atoms with E-state index in [0.29, 0.717) is 5.92 Å². The number of nitrogens with zero attached hydrogens (tertiary/aromatic N) is 2. The lowest BCUT2D eigenvalue weighted by molar-refractivity contribution is 0.834. The smallest absolute Gasteiger partial charge is 0.133 e. The van der Waals surface area contributed by atoms with Crippen molar-refractivity contribution in [3.63, 3.8) is 0 Å². The Bertz CT molecular complexity index is 700. The Morgan fingerprint density at radius 3 is 2.83 bits per heavy atom. The highest BCUT2D eigenvalue weighted by Gasteiger charge is 2.12. The molecule has 5 heteroatoms. The molecule has 0 aliphatic heterocycles. The fourth-order valence-corrected chi connectivity index (χ4v) is 4.01. The van der Waals surface area contributed by atoms with Gasteiger partial charge in [0.25, 0.3) is 0 Å². The van der Waals surface area contributed by atoms with Crippen LogP contribution in [0.25, 0.3) is 20.1 Å². The number of thiophene rings is 1. The molecule has 92 valence electrons. The van der Waals surface area contributed by atoms with Crippen LogP contribution in [0.3, 0.4) is 0 Å². The van der Waals surface area contributed by atoms with Crippen LogP contribution >= 0.6 is 34.3 Å². The van der Waals surface area contributed by atoms with Gasteiger partial charge < -0.3 is 0 Å². The van der Waals surface area contributed by atoms with Gasteiger partial charge in [-0.15, -0.1) is 22.7 Å². The van der Waals surface area contributed by atoms with E-state index in [-0.39, 0.29) is 0 Å². The minimum atomic E-state index is 0.464. The molecule has 0 atom stereocenters. The van der Waals surface area contributed by atoms with E-state index in [1.54, 1.807) is 28.9 Å². The lowest BCUT2D eigenvalue weighted by Crippen LogP contribution is -1.85. The van der Waals surface area contributed by atoms with Crippen molar-refractivity contribution in [3.8, 4) is 9.88 Å². The van der Waals surface area contributed by atoms with Gasteiger partial charge in [-0.05, 0) is 18.1 Å². The number of hydrogen-bond donors (Lipinski definition) is 0. The number of pyridine rings is 1. The Kier molecular flexibility index (Phi) is 3.09. The first-order chi connectivity index (χ1) is 8.65. The molecule has 0 aliphatic rings. The summed E-state index contributed by atoms with van der Waals surface area (Å²) in [6.07, 6.45) is 1.74. The molecule has 0 N–H and O–H groups in total. The van der Waals surface area contributed by atoms with Crippen LogP contribution in [0.1, 0.15) is 25.5 Å². The van der Waals surface area contributed by atoms with E-state index in [1.807, 2.05) is 6.07 Å². The molecular weight excluding hydrogens is 284 g/mol. The summed E-state index contributed by atoms with van der Waals surface area (Å²) in [6, 6.07) is 3.89. The van der Waals surface area contributed by atoms with Gasteiger partial charge in [0.15, 0.2) is 0 Å². The van der Waals surface area contributed by atoms with Gasteiger partial charge in [-0.25, -0.2) is 4.98 Å². The molecule has 0 spiro atoms. The van der Waals surface area contributed by atoms with Crippen molar-refractivity contribution in [2.24, 2.45) is 0 Å². The molecule has 0 saturated carbocycles. The highest BCUT2D eigenvalue weighted by Crippen LogP contribution is 2.37. The van der Waals surface area contributed by atoms with Gasteiger partial charge in [-0.2, -0.15) is 0 Å². The van der Waals surface area contributed by atoms with Gasteiger partial charge in [0.2, 0.25) is 0 Å². The molecule has 0 fully saturated rings. The Hall–Kier alpha value is -0.970. The van der Waals surface area contributed by atoms with E-state index < -0.39 is 0 Å². The quantitative estimate of drug-likeness (QED) is 0.649. The van der Waals surface area contributed by atoms with Crippen molar-refractivity contribution >= 4 is 44.5 Å². The van der Waals surface area contributed by atoms with Crippen molar-refractivity contribution in [2.75, 3.05) is 0 Å². The van der Waals surface area contributed by atoms with Gasteiger partial charge in [0, 0.05) is 11.6 Å². The van der Waals surface area contributed by atoms with Crippen LogP contribution in [0.4, 0.5) is 0 Å². The van der Waals surface area contributed by atoms with Crippen LogP contribution in [0.2, 0.25) is 5.02 Å².